The molecule has 0 unspecified atom stereocenters. The maximum absolute atomic E-state index is 12.3. The molecule has 2 N–H and O–H groups in total. The number of aromatic nitrogens is 2. The molecule has 2 aromatic heterocycles. The number of amides is 1. The van der Waals surface area contributed by atoms with E-state index in [2.05, 4.69) is 51.4 Å². The van der Waals surface area contributed by atoms with Gasteiger partial charge in [-0.3, -0.25) is 4.79 Å². The van der Waals surface area contributed by atoms with Gasteiger partial charge in [0.25, 0.3) is 5.91 Å². The Balaban J connectivity index is 1.82. The first-order valence-corrected chi connectivity index (χ1v) is 7.80. The summed E-state index contributed by atoms with van der Waals surface area (Å²) in [6, 6.07) is 14.4. The minimum absolute atomic E-state index is 0.0215. The van der Waals surface area contributed by atoms with Crippen LogP contribution in [0.4, 0.5) is 0 Å². The topological polar surface area (TPSA) is 49.8 Å². The van der Waals surface area contributed by atoms with Gasteiger partial charge in [-0.2, -0.15) is 0 Å². The van der Waals surface area contributed by atoms with Crippen molar-refractivity contribution in [3.05, 3.63) is 66.0 Å². The van der Waals surface area contributed by atoms with Crippen molar-refractivity contribution in [2.75, 3.05) is 6.54 Å². The normalized spacial score (nSPS) is 14.2. The Labute approximate surface area is 132 Å². The number of H-pyrrole nitrogens is 1. The summed E-state index contributed by atoms with van der Waals surface area (Å²) >= 11 is 0. The van der Waals surface area contributed by atoms with Crippen molar-refractivity contribution < 1.29 is 4.79 Å². The molecular formula is C19H15N3O. The zero-order chi connectivity index (χ0) is 15.4. The van der Waals surface area contributed by atoms with Crippen molar-refractivity contribution in [3.63, 3.8) is 0 Å². The molecule has 112 valence electrons. The largest absolute Gasteiger partial charge is 0.361 e. The van der Waals surface area contributed by atoms with Crippen LogP contribution < -0.4 is 5.32 Å². The molecule has 0 aliphatic carbocycles. The number of hydrogen-bond acceptors (Lipinski definition) is 1. The number of carbonyl (C=O) groups excluding carboxylic acids is 1. The minimum atomic E-state index is 0.0215. The summed E-state index contributed by atoms with van der Waals surface area (Å²) < 4.78 is 2.19. The van der Waals surface area contributed by atoms with E-state index in [9.17, 15) is 4.79 Å². The summed E-state index contributed by atoms with van der Waals surface area (Å²) in [4.78, 5) is 15.5. The lowest BCUT2D eigenvalue weighted by Crippen LogP contribution is -2.23. The maximum Gasteiger partial charge on any atom is 0.251 e. The van der Waals surface area contributed by atoms with Gasteiger partial charge < -0.3 is 14.9 Å². The molecule has 0 fully saturated rings. The van der Waals surface area contributed by atoms with Crippen LogP contribution in [0.3, 0.4) is 0 Å². The summed E-state index contributed by atoms with van der Waals surface area (Å²) in [5.41, 5.74) is 5.34. The minimum Gasteiger partial charge on any atom is -0.361 e. The van der Waals surface area contributed by atoms with Crippen LogP contribution in [0.2, 0.25) is 0 Å². The van der Waals surface area contributed by atoms with Crippen LogP contribution in [0.5, 0.6) is 0 Å². The quantitative estimate of drug-likeness (QED) is 0.556. The summed E-state index contributed by atoms with van der Waals surface area (Å²) in [5.74, 6) is 0.0215. The number of carbonyl (C=O) groups is 1. The first-order valence-electron chi connectivity index (χ1n) is 7.80. The molecule has 5 rings (SSSR count). The van der Waals surface area contributed by atoms with Crippen molar-refractivity contribution in [1.29, 1.82) is 0 Å². The first kappa shape index (κ1) is 12.5. The summed E-state index contributed by atoms with van der Waals surface area (Å²) in [6.45, 7) is 0.684. The maximum atomic E-state index is 12.3. The summed E-state index contributed by atoms with van der Waals surface area (Å²) in [7, 11) is 0. The van der Waals surface area contributed by atoms with Crippen LogP contribution in [0.15, 0.2) is 54.9 Å². The van der Waals surface area contributed by atoms with Gasteiger partial charge in [-0.1, -0.05) is 6.07 Å². The lowest BCUT2D eigenvalue weighted by Gasteiger charge is -2.07. The molecule has 1 amide bonds. The van der Waals surface area contributed by atoms with Gasteiger partial charge >= 0.3 is 0 Å². The Morgan fingerprint density at radius 3 is 3.00 bits per heavy atom. The Morgan fingerprint density at radius 2 is 2.04 bits per heavy atom. The van der Waals surface area contributed by atoms with Gasteiger partial charge in [0, 0.05) is 46.5 Å². The highest BCUT2D eigenvalue weighted by Gasteiger charge is 2.20. The molecular weight excluding hydrogens is 286 g/mol. The fourth-order valence-electron chi connectivity index (χ4n) is 3.56. The molecule has 3 heterocycles. The standard InChI is InChI=1S/C19H15N3O/c23-19-15-2-1-3-17-18(15)13(7-9-21-19)11-22(17)14-4-5-16-12(10-14)6-8-20-16/h1-6,8,10-11,20H,7,9H2,(H,21,23). The lowest BCUT2D eigenvalue weighted by atomic mass is 10.1. The number of benzene rings is 2. The molecule has 0 bridgehead atoms. The predicted octanol–water partition coefficient (Wildman–Crippen LogP) is 3.40. The zero-order valence-electron chi connectivity index (χ0n) is 12.5. The van der Waals surface area contributed by atoms with E-state index in [1.165, 1.54) is 10.9 Å². The summed E-state index contributed by atoms with van der Waals surface area (Å²) in [6.07, 6.45) is 4.98. The molecule has 23 heavy (non-hydrogen) atoms. The first-order chi connectivity index (χ1) is 11.3. The Hall–Kier alpha value is -3.01. The number of hydrogen-bond donors (Lipinski definition) is 2. The molecule has 0 saturated heterocycles. The van der Waals surface area contributed by atoms with Crippen LogP contribution in [-0.2, 0) is 6.42 Å². The van der Waals surface area contributed by atoms with Crippen molar-refractivity contribution in [2.45, 2.75) is 6.42 Å². The molecule has 4 heteroatoms. The van der Waals surface area contributed by atoms with Gasteiger partial charge in [-0.15, -0.1) is 0 Å². The number of fused-ring (bicyclic) bond motifs is 1. The number of rotatable bonds is 1. The molecule has 4 nitrogen and oxygen atoms in total. The second kappa shape index (κ2) is 4.49. The van der Waals surface area contributed by atoms with E-state index in [-0.39, 0.29) is 5.91 Å². The van der Waals surface area contributed by atoms with Gasteiger partial charge in [0.1, 0.15) is 0 Å². The highest BCUT2D eigenvalue weighted by Crippen LogP contribution is 2.30. The Kier molecular flexibility index (Phi) is 2.45. The third-order valence-electron chi connectivity index (χ3n) is 4.65. The van der Waals surface area contributed by atoms with Crippen LogP contribution in [0.1, 0.15) is 15.9 Å². The van der Waals surface area contributed by atoms with E-state index in [1.54, 1.807) is 0 Å². The van der Waals surface area contributed by atoms with Gasteiger partial charge in [0.15, 0.2) is 0 Å². The molecule has 2 aromatic carbocycles. The van der Waals surface area contributed by atoms with E-state index in [4.69, 9.17) is 0 Å². The molecule has 0 spiro atoms. The van der Waals surface area contributed by atoms with E-state index in [0.29, 0.717) is 6.54 Å². The van der Waals surface area contributed by atoms with Crippen LogP contribution in [0, 0.1) is 0 Å². The number of aromatic amines is 1. The van der Waals surface area contributed by atoms with E-state index < -0.39 is 0 Å². The van der Waals surface area contributed by atoms with Gasteiger partial charge in [-0.05, 0) is 48.4 Å². The van der Waals surface area contributed by atoms with Crippen molar-refractivity contribution in [3.8, 4) is 5.69 Å². The predicted molar refractivity (Wildman–Crippen MR) is 91.2 cm³/mol. The summed E-state index contributed by atoms with van der Waals surface area (Å²) in [5, 5.41) is 5.23. The van der Waals surface area contributed by atoms with Crippen LogP contribution in [-0.4, -0.2) is 22.0 Å². The monoisotopic (exact) mass is 301 g/mol. The zero-order valence-corrected chi connectivity index (χ0v) is 12.5. The number of nitrogens with one attached hydrogen (secondary N) is 2. The van der Waals surface area contributed by atoms with Crippen LogP contribution in [0.25, 0.3) is 27.5 Å². The van der Waals surface area contributed by atoms with E-state index in [0.717, 1.165) is 34.1 Å². The fraction of sp³-hybridized carbons (Fsp3) is 0.105. The Morgan fingerprint density at radius 1 is 1.09 bits per heavy atom. The third-order valence-corrected chi connectivity index (χ3v) is 4.65. The molecule has 1 aliphatic heterocycles. The van der Waals surface area contributed by atoms with E-state index >= 15 is 0 Å². The molecule has 0 atom stereocenters. The molecule has 1 aliphatic rings. The lowest BCUT2D eigenvalue weighted by molar-refractivity contribution is 0.0957. The third kappa shape index (κ3) is 1.75. The van der Waals surface area contributed by atoms with Crippen molar-refractivity contribution in [1.82, 2.24) is 14.9 Å². The fourth-order valence-corrected chi connectivity index (χ4v) is 3.56. The van der Waals surface area contributed by atoms with Gasteiger partial charge in [0.2, 0.25) is 0 Å². The molecule has 4 aromatic rings. The van der Waals surface area contributed by atoms with Gasteiger partial charge in [0.05, 0.1) is 5.52 Å². The van der Waals surface area contributed by atoms with Gasteiger partial charge in [-0.25, -0.2) is 0 Å². The van der Waals surface area contributed by atoms with Crippen molar-refractivity contribution in [2.24, 2.45) is 0 Å². The highest BCUT2D eigenvalue weighted by atomic mass is 16.1. The smallest absolute Gasteiger partial charge is 0.251 e. The molecule has 0 saturated carbocycles. The second-order valence-corrected chi connectivity index (χ2v) is 5.98. The highest BCUT2D eigenvalue weighted by molar-refractivity contribution is 6.08. The van der Waals surface area contributed by atoms with Crippen LogP contribution >= 0.6 is 0 Å². The SMILES string of the molecule is O=C1NCCc2cn(-c3ccc4[nH]ccc4c3)c3cccc1c23. The Bertz CT molecular complexity index is 1070. The number of nitrogens with zero attached hydrogens (tertiary/aromatic N) is 1. The average molecular weight is 301 g/mol. The average Bonchev–Trinajstić information content (AvgIpc) is 3.14. The van der Waals surface area contributed by atoms with E-state index in [1.807, 2.05) is 18.3 Å². The molecule has 0 radical (unpaired) electrons. The van der Waals surface area contributed by atoms with Crippen molar-refractivity contribution >= 4 is 27.7 Å². The second-order valence-electron chi connectivity index (χ2n) is 5.98.